The molecule has 92 valence electrons. The molecule has 1 amide bonds. The third kappa shape index (κ3) is 3.09. The van der Waals surface area contributed by atoms with Gasteiger partial charge >= 0.3 is 18.1 Å². The van der Waals surface area contributed by atoms with Crippen molar-refractivity contribution in [2.75, 3.05) is 19.7 Å². The quantitative estimate of drug-likeness (QED) is 0.714. The lowest BCUT2D eigenvalue weighted by Crippen LogP contribution is -2.45. The van der Waals surface area contributed by atoms with Crippen molar-refractivity contribution in [1.29, 1.82) is 0 Å². The summed E-state index contributed by atoms with van der Waals surface area (Å²) in [6.45, 7) is -0.700. The first-order valence-corrected chi connectivity index (χ1v) is 4.53. The molecular weight excluding hydrogens is 231 g/mol. The SMILES string of the molecule is O=C(O)C1CN(C(=O)C(F)(F)F)CCCO1. The maximum atomic E-state index is 12.1. The highest BCUT2D eigenvalue weighted by Crippen LogP contribution is 2.20. The summed E-state index contributed by atoms with van der Waals surface area (Å²) in [5.74, 6) is -3.40. The molecule has 1 rings (SSSR count). The number of amides is 1. The molecule has 0 saturated carbocycles. The summed E-state index contributed by atoms with van der Waals surface area (Å²) in [4.78, 5) is 21.9. The van der Waals surface area contributed by atoms with Gasteiger partial charge in [-0.3, -0.25) is 4.79 Å². The second-order valence-electron chi connectivity index (χ2n) is 3.30. The first-order valence-electron chi connectivity index (χ1n) is 4.53. The van der Waals surface area contributed by atoms with Crippen LogP contribution in [0.4, 0.5) is 13.2 Å². The number of carboxylic acids is 1. The fraction of sp³-hybridized carbons (Fsp3) is 0.750. The van der Waals surface area contributed by atoms with Crippen LogP contribution in [0.15, 0.2) is 0 Å². The molecule has 1 atom stereocenters. The number of halogens is 3. The van der Waals surface area contributed by atoms with E-state index in [0.29, 0.717) is 4.90 Å². The van der Waals surface area contributed by atoms with Crippen molar-refractivity contribution in [3.63, 3.8) is 0 Å². The minimum atomic E-state index is -4.98. The first-order chi connectivity index (χ1) is 7.32. The van der Waals surface area contributed by atoms with Crippen LogP contribution in [0.25, 0.3) is 0 Å². The molecule has 8 heteroatoms. The van der Waals surface area contributed by atoms with Crippen molar-refractivity contribution in [2.24, 2.45) is 0 Å². The van der Waals surface area contributed by atoms with E-state index in [1.54, 1.807) is 0 Å². The summed E-state index contributed by atoms with van der Waals surface area (Å²) in [7, 11) is 0. The van der Waals surface area contributed by atoms with E-state index in [1.165, 1.54) is 0 Å². The van der Waals surface area contributed by atoms with Crippen LogP contribution in [0.1, 0.15) is 6.42 Å². The molecule has 0 aromatic heterocycles. The largest absolute Gasteiger partial charge is 0.479 e. The molecule has 0 aliphatic carbocycles. The molecule has 1 N–H and O–H groups in total. The lowest BCUT2D eigenvalue weighted by atomic mass is 10.3. The Bertz CT molecular complexity index is 291. The van der Waals surface area contributed by atoms with E-state index in [1.807, 2.05) is 0 Å². The molecular formula is C8H10F3NO4. The molecule has 0 aromatic rings. The third-order valence-corrected chi connectivity index (χ3v) is 2.08. The van der Waals surface area contributed by atoms with Crippen molar-refractivity contribution in [1.82, 2.24) is 4.90 Å². The number of nitrogens with zero attached hydrogens (tertiary/aromatic N) is 1. The number of hydrogen-bond acceptors (Lipinski definition) is 3. The summed E-state index contributed by atoms with van der Waals surface area (Å²) < 4.78 is 41.1. The molecule has 1 fully saturated rings. The van der Waals surface area contributed by atoms with E-state index in [9.17, 15) is 22.8 Å². The van der Waals surface area contributed by atoms with E-state index in [4.69, 9.17) is 9.84 Å². The average Bonchev–Trinajstić information content (AvgIpc) is 2.40. The molecule has 1 saturated heterocycles. The van der Waals surface area contributed by atoms with Crippen molar-refractivity contribution < 1.29 is 32.6 Å². The van der Waals surface area contributed by atoms with Gasteiger partial charge in [0.25, 0.3) is 0 Å². The normalized spacial score (nSPS) is 22.7. The zero-order valence-electron chi connectivity index (χ0n) is 8.16. The monoisotopic (exact) mass is 241 g/mol. The lowest BCUT2D eigenvalue weighted by molar-refractivity contribution is -0.186. The maximum absolute atomic E-state index is 12.1. The molecule has 0 bridgehead atoms. The molecule has 0 radical (unpaired) electrons. The highest BCUT2D eigenvalue weighted by atomic mass is 19.4. The number of aliphatic carboxylic acids is 1. The zero-order valence-corrected chi connectivity index (χ0v) is 8.16. The standard InChI is InChI=1S/C8H10F3NO4/c9-8(10,11)7(15)12-2-1-3-16-5(4-12)6(13)14/h5H,1-4H2,(H,13,14). The Labute approximate surface area is 88.8 Å². The van der Waals surface area contributed by atoms with Gasteiger partial charge in [-0.05, 0) is 6.42 Å². The Morgan fingerprint density at radius 2 is 2.00 bits per heavy atom. The van der Waals surface area contributed by atoms with Crippen LogP contribution in [0.2, 0.25) is 0 Å². The Morgan fingerprint density at radius 1 is 1.38 bits per heavy atom. The summed E-state index contributed by atoms with van der Waals surface area (Å²) in [6.07, 6.45) is -6.19. The van der Waals surface area contributed by atoms with Crippen LogP contribution in [0.5, 0.6) is 0 Å². The number of rotatable bonds is 1. The van der Waals surface area contributed by atoms with Crippen molar-refractivity contribution in [3.05, 3.63) is 0 Å². The predicted molar refractivity (Wildman–Crippen MR) is 44.6 cm³/mol. The van der Waals surface area contributed by atoms with Crippen molar-refractivity contribution in [2.45, 2.75) is 18.7 Å². The van der Waals surface area contributed by atoms with E-state index in [-0.39, 0.29) is 19.6 Å². The first kappa shape index (κ1) is 12.8. The van der Waals surface area contributed by atoms with Crippen LogP contribution < -0.4 is 0 Å². The van der Waals surface area contributed by atoms with E-state index in [0.717, 1.165) is 0 Å². The van der Waals surface area contributed by atoms with Crippen LogP contribution in [0.3, 0.4) is 0 Å². The summed E-state index contributed by atoms with van der Waals surface area (Å²) in [5.41, 5.74) is 0. The van der Waals surface area contributed by atoms with Gasteiger partial charge in [-0.25, -0.2) is 4.79 Å². The second-order valence-corrected chi connectivity index (χ2v) is 3.30. The number of alkyl halides is 3. The minimum absolute atomic E-state index is 0.0264. The fourth-order valence-corrected chi connectivity index (χ4v) is 1.34. The van der Waals surface area contributed by atoms with Gasteiger partial charge in [0.15, 0.2) is 6.10 Å². The number of carbonyl (C=O) groups is 2. The van der Waals surface area contributed by atoms with Crippen molar-refractivity contribution in [3.8, 4) is 0 Å². The third-order valence-electron chi connectivity index (χ3n) is 2.08. The van der Waals surface area contributed by atoms with Gasteiger partial charge in [-0.15, -0.1) is 0 Å². The van der Waals surface area contributed by atoms with Gasteiger partial charge in [0.2, 0.25) is 0 Å². The van der Waals surface area contributed by atoms with Crippen LogP contribution in [-0.2, 0) is 14.3 Å². The van der Waals surface area contributed by atoms with Gasteiger partial charge in [0, 0.05) is 13.2 Å². The van der Waals surface area contributed by atoms with Crippen molar-refractivity contribution >= 4 is 11.9 Å². The Kier molecular flexibility index (Phi) is 3.74. The Balaban J connectivity index is 2.72. The summed E-state index contributed by atoms with van der Waals surface area (Å²) >= 11 is 0. The van der Waals surface area contributed by atoms with Gasteiger partial charge in [-0.1, -0.05) is 0 Å². The maximum Gasteiger partial charge on any atom is 0.471 e. The number of carboxylic acid groups (broad SMARTS) is 1. The number of ether oxygens (including phenoxy) is 1. The zero-order chi connectivity index (χ0) is 12.3. The lowest BCUT2D eigenvalue weighted by Gasteiger charge is -2.22. The Morgan fingerprint density at radius 3 is 2.50 bits per heavy atom. The van der Waals surface area contributed by atoms with E-state index < -0.39 is 30.7 Å². The fourth-order valence-electron chi connectivity index (χ4n) is 1.34. The van der Waals surface area contributed by atoms with Gasteiger partial charge in [-0.2, -0.15) is 13.2 Å². The molecule has 1 aliphatic heterocycles. The Hall–Kier alpha value is -1.31. The smallest absolute Gasteiger partial charge is 0.471 e. The van der Waals surface area contributed by atoms with Gasteiger partial charge < -0.3 is 14.7 Å². The molecule has 16 heavy (non-hydrogen) atoms. The molecule has 5 nitrogen and oxygen atoms in total. The summed E-state index contributed by atoms with van der Waals surface area (Å²) in [5, 5.41) is 8.62. The molecule has 0 aromatic carbocycles. The van der Waals surface area contributed by atoms with Crippen LogP contribution in [0, 0.1) is 0 Å². The highest BCUT2D eigenvalue weighted by Gasteiger charge is 2.43. The van der Waals surface area contributed by atoms with E-state index >= 15 is 0 Å². The number of carbonyl (C=O) groups excluding carboxylic acids is 1. The van der Waals surface area contributed by atoms with Gasteiger partial charge in [0.05, 0.1) is 6.54 Å². The molecule has 1 unspecified atom stereocenters. The molecule has 1 aliphatic rings. The summed E-state index contributed by atoms with van der Waals surface area (Å²) in [6, 6.07) is 0. The molecule has 1 heterocycles. The van der Waals surface area contributed by atoms with E-state index in [2.05, 4.69) is 0 Å². The van der Waals surface area contributed by atoms with Gasteiger partial charge in [0.1, 0.15) is 0 Å². The highest BCUT2D eigenvalue weighted by molar-refractivity contribution is 5.83. The minimum Gasteiger partial charge on any atom is -0.479 e. The van der Waals surface area contributed by atoms with Crippen LogP contribution in [-0.4, -0.2) is 53.9 Å². The number of hydrogen-bond donors (Lipinski definition) is 1. The average molecular weight is 241 g/mol. The topological polar surface area (TPSA) is 66.8 Å². The molecule has 0 spiro atoms. The second kappa shape index (κ2) is 4.69. The predicted octanol–water partition coefficient (Wildman–Crippen LogP) is 0.251. The van der Waals surface area contributed by atoms with Crippen LogP contribution >= 0.6 is 0 Å².